The Morgan fingerprint density at radius 3 is 2.03 bits per heavy atom. The second kappa shape index (κ2) is 21.6. The Hall–Kier alpha value is -4.53. The Labute approximate surface area is 351 Å². The van der Waals surface area contributed by atoms with Gasteiger partial charge in [-0.25, -0.2) is 0 Å². The predicted molar refractivity (Wildman–Crippen MR) is 227 cm³/mol. The molecule has 7 N–H and O–H groups in total. The van der Waals surface area contributed by atoms with Crippen molar-refractivity contribution in [1.29, 1.82) is 0 Å². The zero-order chi connectivity index (χ0) is 44.4. The standard InChI is InChI=1S/C44H72N8O7/c1-24(2)27(7)46-40(56)33(49-42(58)36(25(3)4)50-39(55)28(8)45-12)20-21-35(53)47-30-22-34(41(57)48-32-19-15-17-29-16-13-14-18-31(29)32)52(23-30)43(59)37(44(9,10)11)51-38(54)26(5)6/h13-14,16,18,24-28,30,32-34,36-37,45H,15,17,19-23H2,1-12H3,(H,46,56)(H,47,53)(H,48,57)(H,49,58)(H,50,55)(H,51,54). The summed E-state index contributed by atoms with van der Waals surface area (Å²) in [6.07, 6.45) is 2.51. The molecule has 3 rings (SSSR count). The Balaban J connectivity index is 1.84. The number of nitrogens with zero attached hydrogens (tertiary/aromatic N) is 1. The van der Waals surface area contributed by atoms with Crippen LogP contribution >= 0.6 is 0 Å². The molecule has 15 nitrogen and oxygen atoms in total. The molecule has 1 aromatic carbocycles. The van der Waals surface area contributed by atoms with E-state index in [2.05, 4.69) is 43.3 Å². The number of rotatable bonds is 18. The van der Waals surface area contributed by atoms with Crippen LogP contribution in [0.5, 0.6) is 0 Å². The van der Waals surface area contributed by atoms with Gasteiger partial charge in [0.05, 0.1) is 12.1 Å². The zero-order valence-electron chi connectivity index (χ0n) is 37.4. The first kappa shape index (κ1) is 48.8. The molecule has 7 amide bonds. The van der Waals surface area contributed by atoms with Crippen molar-refractivity contribution >= 4 is 41.4 Å². The van der Waals surface area contributed by atoms with Gasteiger partial charge in [0.1, 0.15) is 24.2 Å². The smallest absolute Gasteiger partial charge is 0.246 e. The first-order valence-corrected chi connectivity index (χ1v) is 21.4. The highest BCUT2D eigenvalue weighted by molar-refractivity contribution is 5.95. The van der Waals surface area contributed by atoms with E-state index in [1.807, 2.05) is 59.7 Å². The van der Waals surface area contributed by atoms with Crippen molar-refractivity contribution in [1.82, 2.24) is 42.1 Å². The predicted octanol–water partition coefficient (Wildman–Crippen LogP) is 2.63. The molecule has 1 aliphatic heterocycles. The van der Waals surface area contributed by atoms with Crippen molar-refractivity contribution in [2.75, 3.05) is 13.6 Å². The molecule has 1 saturated heterocycles. The van der Waals surface area contributed by atoms with Crippen molar-refractivity contribution < 1.29 is 33.6 Å². The number of likely N-dealkylation sites (N-methyl/N-ethyl adjacent to an activating group) is 1. The maximum atomic E-state index is 14.4. The SMILES string of the molecule is CNC(C)C(=O)NC(C(=O)NC(CCC(=O)NC1CC(C(=O)NC2CCCc3ccccc32)N(C(=O)C(NC(=O)C(C)C)C(C)(C)C)C1)C(=O)NC(C)C(C)C)C(C)C. The largest absolute Gasteiger partial charge is 0.352 e. The van der Waals surface area contributed by atoms with E-state index in [0.717, 1.165) is 24.8 Å². The van der Waals surface area contributed by atoms with E-state index in [9.17, 15) is 33.6 Å². The van der Waals surface area contributed by atoms with E-state index < -0.39 is 65.3 Å². The number of hydrogen-bond donors (Lipinski definition) is 7. The monoisotopic (exact) mass is 825 g/mol. The summed E-state index contributed by atoms with van der Waals surface area (Å²) in [4.78, 5) is 96.6. The average Bonchev–Trinajstić information content (AvgIpc) is 3.59. The highest BCUT2D eigenvalue weighted by Crippen LogP contribution is 2.31. The Bertz CT molecular complexity index is 1660. The Kier molecular flexibility index (Phi) is 17.9. The number of likely N-dealkylation sites (tertiary alicyclic amines) is 1. The minimum absolute atomic E-state index is 0.0292. The molecule has 0 aromatic heterocycles. The molecule has 0 spiro atoms. The molecule has 8 atom stereocenters. The molecule has 1 aromatic rings. The quantitative estimate of drug-likeness (QED) is 0.117. The highest BCUT2D eigenvalue weighted by Gasteiger charge is 2.46. The average molecular weight is 825 g/mol. The Morgan fingerprint density at radius 2 is 1.44 bits per heavy atom. The van der Waals surface area contributed by atoms with E-state index in [4.69, 9.17) is 0 Å². The highest BCUT2D eigenvalue weighted by atomic mass is 16.2. The summed E-state index contributed by atoms with van der Waals surface area (Å²) in [5.74, 6) is -3.41. The third-order valence-electron chi connectivity index (χ3n) is 11.6. The summed E-state index contributed by atoms with van der Waals surface area (Å²) in [7, 11) is 1.64. The van der Waals surface area contributed by atoms with Crippen molar-refractivity contribution in [3.05, 3.63) is 35.4 Å². The first-order valence-electron chi connectivity index (χ1n) is 21.4. The van der Waals surface area contributed by atoms with Crippen LogP contribution in [-0.4, -0.2) is 102 Å². The summed E-state index contributed by atoms with van der Waals surface area (Å²) < 4.78 is 0. The van der Waals surface area contributed by atoms with Gasteiger partial charge < -0.3 is 42.1 Å². The number of benzene rings is 1. The van der Waals surface area contributed by atoms with Crippen LogP contribution in [0, 0.1) is 23.2 Å². The van der Waals surface area contributed by atoms with Gasteiger partial charge in [-0.3, -0.25) is 33.6 Å². The van der Waals surface area contributed by atoms with Gasteiger partial charge in [-0.2, -0.15) is 0 Å². The van der Waals surface area contributed by atoms with Crippen LogP contribution in [-0.2, 0) is 40.0 Å². The third kappa shape index (κ3) is 13.8. The van der Waals surface area contributed by atoms with Gasteiger partial charge in [0.15, 0.2) is 0 Å². The van der Waals surface area contributed by atoms with E-state index in [1.165, 1.54) is 10.5 Å². The fraction of sp³-hybridized carbons (Fsp3) is 0.705. The fourth-order valence-corrected chi connectivity index (χ4v) is 7.27. The summed E-state index contributed by atoms with van der Waals surface area (Å²) in [6, 6.07) is 2.51. The molecule has 0 saturated carbocycles. The summed E-state index contributed by atoms with van der Waals surface area (Å²) in [5.41, 5.74) is 1.53. The lowest BCUT2D eigenvalue weighted by Gasteiger charge is -2.36. The molecular weight excluding hydrogens is 753 g/mol. The summed E-state index contributed by atoms with van der Waals surface area (Å²) in [6.45, 7) is 20.1. The van der Waals surface area contributed by atoms with Crippen LogP contribution in [0.15, 0.2) is 24.3 Å². The molecule has 15 heteroatoms. The second-order valence-corrected chi connectivity index (χ2v) is 18.5. The molecular formula is C44H72N8O7. The molecule has 1 heterocycles. The Morgan fingerprint density at radius 1 is 0.780 bits per heavy atom. The molecule has 8 unspecified atom stereocenters. The lowest BCUT2D eigenvalue weighted by atomic mass is 9.85. The maximum absolute atomic E-state index is 14.4. The number of amides is 7. The number of carbonyl (C=O) groups excluding carboxylic acids is 7. The van der Waals surface area contributed by atoms with Crippen LogP contribution in [0.4, 0.5) is 0 Å². The van der Waals surface area contributed by atoms with E-state index in [-0.39, 0.29) is 73.4 Å². The molecule has 59 heavy (non-hydrogen) atoms. The number of nitrogens with one attached hydrogen (secondary N) is 7. The van der Waals surface area contributed by atoms with Gasteiger partial charge in [0.25, 0.3) is 0 Å². The molecule has 0 radical (unpaired) electrons. The van der Waals surface area contributed by atoms with Crippen molar-refractivity contribution in [2.45, 2.75) is 163 Å². The zero-order valence-corrected chi connectivity index (χ0v) is 37.4. The van der Waals surface area contributed by atoms with Crippen LogP contribution < -0.4 is 37.2 Å². The van der Waals surface area contributed by atoms with Gasteiger partial charge in [0.2, 0.25) is 41.4 Å². The molecule has 330 valence electrons. The molecule has 2 aliphatic rings. The number of aryl methyl sites for hydroxylation is 1. The van der Waals surface area contributed by atoms with Gasteiger partial charge >= 0.3 is 0 Å². The molecule has 0 bridgehead atoms. The third-order valence-corrected chi connectivity index (χ3v) is 11.6. The van der Waals surface area contributed by atoms with Crippen molar-refractivity contribution in [3.8, 4) is 0 Å². The van der Waals surface area contributed by atoms with Gasteiger partial charge in [0, 0.05) is 31.0 Å². The topological polar surface area (TPSA) is 207 Å². The minimum Gasteiger partial charge on any atom is -0.352 e. The number of fused-ring (bicyclic) bond motifs is 1. The summed E-state index contributed by atoms with van der Waals surface area (Å²) >= 11 is 0. The fourth-order valence-electron chi connectivity index (χ4n) is 7.27. The van der Waals surface area contributed by atoms with Gasteiger partial charge in [-0.05, 0) is 81.4 Å². The van der Waals surface area contributed by atoms with Crippen molar-refractivity contribution in [2.24, 2.45) is 23.2 Å². The summed E-state index contributed by atoms with van der Waals surface area (Å²) in [5, 5.41) is 20.4. The van der Waals surface area contributed by atoms with Gasteiger partial charge in [-0.1, -0.05) is 86.6 Å². The van der Waals surface area contributed by atoms with E-state index in [1.54, 1.807) is 41.7 Å². The molecule has 1 aliphatic carbocycles. The van der Waals surface area contributed by atoms with Crippen LogP contribution in [0.2, 0.25) is 0 Å². The lowest BCUT2D eigenvalue weighted by Crippen LogP contribution is -2.58. The van der Waals surface area contributed by atoms with E-state index in [0.29, 0.717) is 0 Å². The first-order chi connectivity index (χ1) is 27.5. The molecule has 1 fully saturated rings. The second-order valence-electron chi connectivity index (χ2n) is 18.5. The lowest BCUT2D eigenvalue weighted by molar-refractivity contribution is -0.144. The maximum Gasteiger partial charge on any atom is 0.246 e. The van der Waals surface area contributed by atoms with Gasteiger partial charge in [-0.15, -0.1) is 0 Å². The van der Waals surface area contributed by atoms with Crippen molar-refractivity contribution in [3.63, 3.8) is 0 Å². The van der Waals surface area contributed by atoms with Crippen LogP contribution in [0.25, 0.3) is 0 Å². The number of hydrogen-bond acceptors (Lipinski definition) is 8. The van der Waals surface area contributed by atoms with Crippen LogP contribution in [0.3, 0.4) is 0 Å². The van der Waals surface area contributed by atoms with E-state index >= 15 is 0 Å². The van der Waals surface area contributed by atoms with Crippen LogP contribution in [0.1, 0.15) is 125 Å². The normalized spacial score (nSPS) is 20.5. The minimum atomic E-state index is -1.09. The number of carbonyl (C=O) groups is 7.